The molecule has 0 saturated heterocycles. The van der Waals surface area contributed by atoms with Gasteiger partial charge in [0, 0.05) is 0 Å². The van der Waals surface area contributed by atoms with Crippen molar-refractivity contribution in [3.63, 3.8) is 0 Å². The van der Waals surface area contributed by atoms with Crippen LogP contribution in [-0.4, -0.2) is 20.4 Å². The molecule has 4 aromatic carbocycles. The molecule has 4 aromatic rings. The molecule has 0 atom stereocenters. The van der Waals surface area contributed by atoms with Crippen molar-refractivity contribution in [2.45, 2.75) is 12.8 Å². The molecule has 4 rings (SSSR count). The minimum Gasteiger partial charge on any atom is -0.508 e. The molecule has 0 aliphatic carbocycles. The zero-order valence-electron chi connectivity index (χ0n) is 17.8. The van der Waals surface area contributed by atoms with Crippen LogP contribution in [0.3, 0.4) is 0 Å². The third kappa shape index (κ3) is 5.86. The third-order valence-electron chi connectivity index (χ3n) is 5.18. The van der Waals surface area contributed by atoms with Crippen LogP contribution in [0.25, 0.3) is 12.2 Å². The Morgan fingerprint density at radius 3 is 2.00 bits per heavy atom. The Labute approximate surface area is 192 Å². The minimum atomic E-state index is -0.336. The SMILES string of the molecule is Oc1cccc(C=Cc2cc(O)c(O)c(Oc3ccc(CCc4cccc(O)c4)cc3)c2)c1. The number of rotatable bonds is 7. The zero-order valence-corrected chi connectivity index (χ0v) is 17.8. The lowest BCUT2D eigenvalue weighted by Crippen LogP contribution is -1.92. The number of benzene rings is 4. The van der Waals surface area contributed by atoms with Gasteiger partial charge in [0.25, 0.3) is 0 Å². The summed E-state index contributed by atoms with van der Waals surface area (Å²) in [4.78, 5) is 0. The molecule has 0 radical (unpaired) electrons. The molecule has 4 N–H and O–H groups in total. The van der Waals surface area contributed by atoms with Crippen molar-refractivity contribution in [3.05, 3.63) is 107 Å². The molecular formula is C28H24O5. The summed E-state index contributed by atoms with van der Waals surface area (Å²) < 4.78 is 5.82. The monoisotopic (exact) mass is 440 g/mol. The molecule has 5 heteroatoms. The number of hydrogen-bond donors (Lipinski definition) is 4. The Hall–Kier alpha value is -4.38. The van der Waals surface area contributed by atoms with Crippen molar-refractivity contribution >= 4 is 12.2 Å². The van der Waals surface area contributed by atoms with Crippen molar-refractivity contribution in [2.24, 2.45) is 0 Å². The van der Waals surface area contributed by atoms with Crippen LogP contribution in [0.1, 0.15) is 22.3 Å². The van der Waals surface area contributed by atoms with Crippen molar-refractivity contribution in [1.82, 2.24) is 0 Å². The second kappa shape index (κ2) is 9.83. The highest BCUT2D eigenvalue weighted by molar-refractivity contribution is 5.73. The predicted molar refractivity (Wildman–Crippen MR) is 129 cm³/mol. The Balaban J connectivity index is 1.45. The van der Waals surface area contributed by atoms with Gasteiger partial charge in [-0.1, -0.05) is 48.6 Å². The van der Waals surface area contributed by atoms with E-state index in [0.29, 0.717) is 11.3 Å². The van der Waals surface area contributed by atoms with Gasteiger partial charge in [-0.2, -0.15) is 0 Å². The fraction of sp³-hybridized carbons (Fsp3) is 0.0714. The van der Waals surface area contributed by atoms with Gasteiger partial charge in [0.05, 0.1) is 0 Å². The molecule has 0 amide bonds. The fourth-order valence-electron chi connectivity index (χ4n) is 3.46. The highest BCUT2D eigenvalue weighted by Crippen LogP contribution is 2.39. The number of hydrogen-bond acceptors (Lipinski definition) is 5. The van der Waals surface area contributed by atoms with Crippen LogP contribution < -0.4 is 4.74 Å². The summed E-state index contributed by atoms with van der Waals surface area (Å²) in [5.74, 6) is 0.472. The van der Waals surface area contributed by atoms with Crippen LogP contribution in [0.5, 0.6) is 34.5 Å². The summed E-state index contributed by atoms with van der Waals surface area (Å²) in [6, 6.07) is 24.6. The third-order valence-corrected chi connectivity index (χ3v) is 5.18. The molecule has 0 aliphatic rings. The van der Waals surface area contributed by atoms with Crippen LogP contribution in [-0.2, 0) is 12.8 Å². The smallest absolute Gasteiger partial charge is 0.201 e. The summed E-state index contributed by atoms with van der Waals surface area (Å²) in [5.41, 5.74) is 3.60. The van der Waals surface area contributed by atoms with E-state index in [4.69, 9.17) is 4.74 Å². The number of ether oxygens (including phenoxy) is 1. The van der Waals surface area contributed by atoms with Gasteiger partial charge in [-0.15, -0.1) is 0 Å². The van der Waals surface area contributed by atoms with Crippen LogP contribution in [0.15, 0.2) is 84.9 Å². The lowest BCUT2D eigenvalue weighted by molar-refractivity contribution is 0.372. The first kappa shape index (κ1) is 21.8. The highest BCUT2D eigenvalue weighted by atomic mass is 16.5. The summed E-state index contributed by atoms with van der Waals surface area (Å²) in [6.07, 6.45) is 5.16. The molecule has 0 fully saturated rings. The van der Waals surface area contributed by atoms with Gasteiger partial charge in [-0.3, -0.25) is 0 Å². The van der Waals surface area contributed by atoms with E-state index in [1.165, 1.54) is 6.07 Å². The second-order valence-electron chi connectivity index (χ2n) is 7.73. The predicted octanol–water partition coefficient (Wildman–Crippen LogP) is 6.26. The standard InChI is InChI=1S/C28H24O5/c29-23-5-1-3-20(15-23)8-7-19-11-13-25(14-12-19)33-27-18-22(17-26(31)28(27)32)10-9-21-4-2-6-24(30)16-21/h1-6,9-18,29-32H,7-8H2. The molecule has 0 heterocycles. The van der Waals surface area contributed by atoms with Crippen molar-refractivity contribution in [1.29, 1.82) is 0 Å². The molecule has 5 nitrogen and oxygen atoms in total. The second-order valence-corrected chi connectivity index (χ2v) is 7.73. The van der Waals surface area contributed by atoms with E-state index in [2.05, 4.69) is 0 Å². The molecule has 0 spiro atoms. The Bertz CT molecular complexity index is 1280. The average molecular weight is 440 g/mol. The lowest BCUT2D eigenvalue weighted by atomic mass is 10.0. The maximum absolute atomic E-state index is 10.2. The maximum Gasteiger partial charge on any atom is 0.201 e. The van der Waals surface area contributed by atoms with E-state index in [-0.39, 0.29) is 28.7 Å². The van der Waals surface area contributed by atoms with Crippen LogP contribution >= 0.6 is 0 Å². The summed E-state index contributed by atoms with van der Waals surface area (Å²) in [7, 11) is 0. The Morgan fingerprint density at radius 1 is 0.606 bits per heavy atom. The minimum absolute atomic E-state index is 0.137. The quantitative estimate of drug-likeness (QED) is 0.201. The van der Waals surface area contributed by atoms with Crippen LogP contribution in [0.4, 0.5) is 0 Å². The van der Waals surface area contributed by atoms with Crippen molar-refractivity contribution in [3.8, 4) is 34.5 Å². The summed E-state index contributed by atoms with van der Waals surface area (Å²) >= 11 is 0. The molecule has 0 unspecified atom stereocenters. The number of aromatic hydroxyl groups is 4. The number of phenolic OH excluding ortho intramolecular Hbond substituents is 4. The molecule has 0 aromatic heterocycles. The van der Waals surface area contributed by atoms with Gasteiger partial charge < -0.3 is 25.2 Å². The average Bonchev–Trinajstić information content (AvgIpc) is 2.80. The van der Waals surface area contributed by atoms with E-state index < -0.39 is 0 Å². The number of phenols is 4. The molecule has 166 valence electrons. The van der Waals surface area contributed by atoms with Crippen LogP contribution in [0, 0.1) is 0 Å². The zero-order chi connectivity index (χ0) is 23.2. The van der Waals surface area contributed by atoms with Crippen molar-refractivity contribution < 1.29 is 25.2 Å². The topological polar surface area (TPSA) is 90.2 Å². The van der Waals surface area contributed by atoms with E-state index in [0.717, 1.165) is 29.5 Å². The highest BCUT2D eigenvalue weighted by Gasteiger charge is 2.11. The first-order valence-corrected chi connectivity index (χ1v) is 10.5. The first-order valence-electron chi connectivity index (χ1n) is 10.5. The summed E-state index contributed by atoms with van der Waals surface area (Å²) in [6.45, 7) is 0. The Morgan fingerprint density at radius 2 is 1.27 bits per heavy atom. The van der Waals surface area contributed by atoms with Gasteiger partial charge in [-0.05, 0) is 83.6 Å². The van der Waals surface area contributed by atoms with Gasteiger partial charge in [0.1, 0.15) is 17.2 Å². The van der Waals surface area contributed by atoms with Gasteiger partial charge in [0.2, 0.25) is 5.75 Å². The molecule has 0 aliphatic heterocycles. The van der Waals surface area contributed by atoms with Gasteiger partial charge in [0.15, 0.2) is 11.5 Å². The first-order chi connectivity index (χ1) is 16.0. The lowest BCUT2D eigenvalue weighted by Gasteiger charge is -2.11. The molecule has 0 bridgehead atoms. The van der Waals surface area contributed by atoms with E-state index >= 15 is 0 Å². The summed E-state index contributed by atoms with van der Waals surface area (Å²) in [5, 5.41) is 39.5. The largest absolute Gasteiger partial charge is 0.508 e. The Kier molecular flexibility index (Phi) is 6.51. The van der Waals surface area contributed by atoms with E-state index in [1.807, 2.05) is 42.5 Å². The van der Waals surface area contributed by atoms with Crippen LogP contribution in [0.2, 0.25) is 0 Å². The van der Waals surface area contributed by atoms with Gasteiger partial charge >= 0.3 is 0 Å². The fourth-order valence-corrected chi connectivity index (χ4v) is 3.46. The molecule has 0 saturated carbocycles. The maximum atomic E-state index is 10.2. The molecular weight excluding hydrogens is 416 g/mol. The van der Waals surface area contributed by atoms with Gasteiger partial charge in [-0.25, -0.2) is 0 Å². The molecule has 33 heavy (non-hydrogen) atoms. The normalized spacial score (nSPS) is 11.0. The van der Waals surface area contributed by atoms with E-state index in [1.54, 1.807) is 48.6 Å². The van der Waals surface area contributed by atoms with E-state index in [9.17, 15) is 20.4 Å². The van der Waals surface area contributed by atoms with Crippen molar-refractivity contribution in [2.75, 3.05) is 0 Å². The number of aryl methyl sites for hydroxylation is 2.